The number of rotatable bonds is 3. The van der Waals surface area contributed by atoms with Crippen LogP contribution in [0.1, 0.15) is 5.56 Å². The van der Waals surface area contributed by atoms with Crippen LogP contribution in [-0.2, 0) is 4.79 Å². The first-order valence-electron chi connectivity index (χ1n) is 4.23. The van der Waals surface area contributed by atoms with Gasteiger partial charge >= 0.3 is 0 Å². The number of ether oxygens (including phenoxy) is 1. The molecule has 1 aromatic carbocycles. The van der Waals surface area contributed by atoms with Crippen LogP contribution >= 0.6 is 0 Å². The van der Waals surface area contributed by atoms with E-state index in [-0.39, 0.29) is 5.75 Å². The minimum absolute atomic E-state index is 0.0211. The van der Waals surface area contributed by atoms with Crippen LogP contribution < -0.4 is 16.0 Å². The summed E-state index contributed by atoms with van der Waals surface area (Å²) in [6, 6.07) is 4.80. The molecule has 0 saturated heterocycles. The number of carbonyl (C=O) groups is 1. The summed E-state index contributed by atoms with van der Waals surface area (Å²) in [6.07, 6.45) is 2.79. The van der Waals surface area contributed by atoms with Crippen LogP contribution in [0.3, 0.4) is 0 Å². The number of nitrogens with one attached hydrogen (secondary N) is 1. The monoisotopic (exact) mass is 208 g/mol. The summed E-state index contributed by atoms with van der Waals surface area (Å²) in [6.45, 7) is 0. The summed E-state index contributed by atoms with van der Waals surface area (Å²) < 4.78 is 4.87. The molecule has 1 amide bonds. The predicted molar refractivity (Wildman–Crippen MR) is 56.0 cm³/mol. The van der Waals surface area contributed by atoms with Crippen molar-refractivity contribution in [3.8, 4) is 11.5 Å². The Hall–Kier alpha value is -2.01. The van der Waals surface area contributed by atoms with Crippen LogP contribution in [0, 0.1) is 0 Å². The van der Waals surface area contributed by atoms with Crippen molar-refractivity contribution in [3.05, 3.63) is 29.8 Å². The standard InChI is InChI=1S/C10H12N2O3/c1-15-9-4-2-7(6-8(9)13)3-5-10(14)12-11/h2-6,13H,11H2,1H3,(H,12,14). The van der Waals surface area contributed by atoms with Crippen LogP contribution in [0.4, 0.5) is 0 Å². The normalized spacial score (nSPS) is 10.3. The fourth-order valence-corrected chi connectivity index (χ4v) is 1.03. The van der Waals surface area contributed by atoms with E-state index >= 15 is 0 Å². The van der Waals surface area contributed by atoms with Gasteiger partial charge in [-0.25, -0.2) is 5.84 Å². The third-order valence-electron chi connectivity index (χ3n) is 1.77. The average Bonchev–Trinajstić information content (AvgIpc) is 2.26. The lowest BCUT2D eigenvalue weighted by Crippen LogP contribution is -2.27. The lowest BCUT2D eigenvalue weighted by molar-refractivity contribution is -0.116. The minimum Gasteiger partial charge on any atom is -0.504 e. The molecule has 1 rings (SSSR count). The summed E-state index contributed by atoms with van der Waals surface area (Å²) in [5.74, 6) is 4.89. The molecule has 0 bridgehead atoms. The summed E-state index contributed by atoms with van der Waals surface area (Å²) in [5.41, 5.74) is 2.64. The summed E-state index contributed by atoms with van der Waals surface area (Å²) in [5, 5.41) is 9.43. The molecule has 0 aliphatic heterocycles. The van der Waals surface area contributed by atoms with Crippen LogP contribution in [0.2, 0.25) is 0 Å². The third kappa shape index (κ3) is 2.99. The third-order valence-corrected chi connectivity index (χ3v) is 1.77. The molecule has 4 N–H and O–H groups in total. The lowest BCUT2D eigenvalue weighted by atomic mass is 10.2. The Morgan fingerprint density at radius 2 is 2.33 bits per heavy atom. The van der Waals surface area contributed by atoms with Crippen LogP contribution in [0.5, 0.6) is 11.5 Å². The van der Waals surface area contributed by atoms with E-state index < -0.39 is 5.91 Å². The second-order valence-electron chi connectivity index (χ2n) is 2.77. The lowest BCUT2D eigenvalue weighted by Gasteiger charge is -2.03. The molecule has 0 aliphatic carbocycles. The Bertz CT molecular complexity index is 388. The van der Waals surface area contributed by atoms with Gasteiger partial charge in [0.1, 0.15) is 0 Å². The number of methoxy groups -OCH3 is 1. The Labute approximate surface area is 87.1 Å². The topological polar surface area (TPSA) is 84.6 Å². The van der Waals surface area contributed by atoms with Crippen molar-refractivity contribution >= 4 is 12.0 Å². The highest BCUT2D eigenvalue weighted by Crippen LogP contribution is 2.26. The highest BCUT2D eigenvalue weighted by molar-refractivity contribution is 5.91. The van der Waals surface area contributed by atoms with Gasteiger partial charge < -0.3 is 9.84 Å². The zero-order valence-corrected chi connectivity index (χ0v) is 8.23. The Kier molecular flexibility index (Phi) is 3.70. The van der Waals surface area contributed by atoms with E-state index in [0.717, 1.165) is 0 Å². The Morgan fingerprint density at radius 1 is 1.60 bits per heavy atom. The van der Waals surface area contributed by atoms with Crippen molar-refractivity contribution in [2.24, 2.45) is 5.84 Å². The fourth-order valence-electron chi connectivity index (χ4n) is 1.03. The number of amides is 1. The van der Waals surface area contributed by atoms with Gasteiger partial charge in [-0.3, -0.25) is 10.2 Å². The van der Waals surface area contributed by atoms with Gasteiger partial charge in [-0.1, -0.05) is 6.07 Å². The number of nitrogens with two attached hydrogens (primary N) is 1. The minimum atomic E-state index is -0.412. The molecule has 0 aliphatic rings. The van der Waals surface area contributed by atoms with Gasteiger partial charge in [0, 0.05) is 6.08 Å². The van der Waals surface area contributed by atoms with Crippen molar-refractivity contribution in [1.82, 2.24) is 5.43 Å². The van der Waals surface area contributed by atoms with Gasteiger partial charge in [-0.05, 0) is 23.8 Å². The van der Waals surface area contributed by atoms with E-state index in [9.17, 15) is 9.90 Å². The SMILES string of the molecule is COc1ccc(C=CC(=O)NN)cc1O. The molecule has 5 nitrogen and oxygen atoms in total. The first-order chi connectivity index (χ1) is 7.17. The van der Waals surface area contributed by atoms with Gasteiger partial charge in [0.25, 0.3) is 5.91 Å². The first kappa shape index (κ1) is 11.1. The highest BCUT2D eigenvalue weighted by atomic mass is 16.5. The quantitative estimate of drug-likeness (QED) is 0.290. The zero-order valence-electron chi connectivity index (χ0n) is 8.23. The van der Waals surface area contributed by atoms with E-state index in [1.54, 1.807) is 12.1 Å². The van der Waals surface area contributed by atoms with Crippen LogP contribution in [0.25, 0.3) is 6.08 Å². The Morgan fingerprint density at radius 3 is 2.87 bits per heavy atom. The van der Waals surface area contributed by atoms with Crippen molar-refractivity contribution < 1.29 is 14.6 Å². The number of hydrazine groups is 1. The van der Waals surface area contributed by atoms with E-state index in [1.165, 1.54) is 25.3 Å². The number of phenols is 1. The van der Waals surface area contributed by atoms with Gasteiger partial charge in [-0.15, -0.1) is 0 Å². The van der Waals surface area contributed by atoms with E-state index in [4.69, 9.17) is 10.6 Å². The molecule has 1 aromatic rings. The second-order valence-corrected chi connectivity index (χ2v) is 2.77. The van der Waals surface area contributed by atoms with E-state index in [2.05, 4.69) is 0 Å². The van der Waals surface area contributed by atoms with Crippen LogP contribution in [-0.4, -0.2) is 18.1 Å². The summed E-state index contributed by atoms with van der Waals surface area (Å²) in [7, 11) is 1.46. The first-order valence-corrected chi connectivity index (χ1v) is 4.23. The average molecular weight is 208 g/mol. The number of hydrogen-bond acceptors (Lipinski definition) is 4. The number of carbonyl (C=O) groups excluding carboxylic acids is 1. The molecule has 0 saturated carbocycles. The molecule has 0 spiro atoms. The van der Waals surface area contributed by atoms with Crippen molar-refractivity contribution in [2.75, 3.05) is 7.11 Å². The molecule has 0 heterocycles. The maximum atomic E-state index is 10.8. The second kappa shape index (κ2) is 5.02. The van der Waals surface area contributed by atoms with Gasteiger partial charge in [0.05, 0.1) is 7.11 Å². The van der Waals surface area contributed by atoms with Gasteiger partial charge in [-0.2, -0.15) is 0 Å². The zero-order chi connectivity index (χ0) is 11.3. The smallest absolute Gasteiger partial charge is 0.257 e. The molecular weight excluding hydrogens is 196 g/mol. The number of benzene rings is 1. The molecular formula is C10H12N2O3. The molecule has 15 heavy (non-hydrogen) atoms. The van der Waals surface area contributed by atoms with Gasteiger partial charge in [0.2, 0.25) is 0 Å². The Balaban J connectivity index is 2.84. The van der Waals surface area contributed by atoms with Crippen molar-refractivity contribution in [2.45, 2.75) is 0 Å². The largest absolute Gasteiger partial charge is 0.504 e. The number of aromatic hydroxyl groups is 1. The molecule has 0 aromatic heterocycles. The maximum absolute atomic E-state index is 10.8. The molecule has 0 atom stereocenters. The van der Waals surface area contributed by atoms with Crippen molar-refractivity contribution in [1.29, 1.82) is 0 Å². The predicted octanol–water partition coefficient (Wildman–Crippen LogP) is 0.404. The molecule has 0 unspecified atom stereocenters. The molecule has 0 radical (unpaired) electrons. The molecule has 0 fully saturated rings. The molecule has 5 heteroatoms. The summed E-state index contributed by atoms with van der Waals surface area (Å²) in [4.78, 5) is 10.8. The van der Waals surface area contributed by atoms with E-state index in [1.807, 2.05) is 5.43 Å². The number of phenolic OH excluding ortho intramolecular Hbond substituents is 1. The maximum Gasteiger partial charge on any atom is 0.257 e. The fraction of sp³-hybridized carbons (Fsp3) is 0.100. The number of hydrogen-bond donors (Lipinski definition) is 3. The van der Waals surface area contributed by atoms with Gasteiger partial charge in [0.15, 0.2) is 11.5 Å². The molecule has 80 valence electrons. The highest BCUT2D eigenvalue weighted by Gasteiger charge is 2.00. The van der Waals surface area contributed by atoms with E-state index in [0.29, 0.717) is 11.3 Å². The van der Waals surface area contributed by atoms with Crippen molar-refractivity contribution in [3.63, 3.8) is 0 Å². The summed E-state index contributed by atoms with van der Waals surface area (Å²) >= 11 is 0. The van der Waals surface area contributed by atoms with Crippen LogP contribution in [0.15, 0.2) is 24.3 Å².